The van der Waals surface area contributed by atoms with Gasteiger partial charge in [0.15, 0.2) is 0 Å². The number of aliphatic hydroxyl groups is 1. The van der Waals surface area contributed by atoms with Crippen LogP contribution in [0.25, 0.3) is 0 Å². The van der Waals surface area contributed by atoms with E-state index in [0.29, 0.717) is 0 Å². The molecule has 0 saturated heterocycles. The highest BCUT2D eigenvalue weighted by Crippen LogP contribution is 2.23. The van der Waals surface area contributed by atoms with E-state index in [4.69, 9.17) is 9.15 Å². The molecule has 1 heterocycles. The van der Waals surface area contributed by atoms with Crippen LogP contribution in [0.2, 0.25) is 0 Å². The fourth-order valence-corrected chi connectivity index (χ4v) is 1.75. The van der Waals surface area contributed by atoms with E-state index in [9.17, 15) is 9.90 Å². The maximum atomic E-state index is 11.7. The molecule has 19 heavy (non-hydrogen) atoms. The second-order valence-corrected chi connectivity index (χ2v) is 4.64. The van der Waals surface area contributed by atoms with Crippen LogP contribution in [0, 0.1) is 0 Å². The Balaban J connectivity index is 2.05. The third-order valence-corrected chi connectivity index (χ3v) is 3.06. The minimum absolute atomic E-state index is 0.0903. The largest absolute Gasteiger partial charge is 0.459 e. The maximum absolute atomic E-state index is 11.7. The average Bonchev–Trinajstić information content (AvgIpc) is 2.99. The highest BCUT2D eigenvalue weighted by molar-refractivity contribution is 5.86. The Kier molecular flexibility index (Phi) is 4.02. The first kappa shape index (κ1) is 13.4. The summed E-state index contributed by atoms with van der Waals surface area (Å²) >= 11 is 0. The van der Waals surface area contributed by atoms with Gasteiger partial charge in [0.2, 0.25) is 5.76 Å². The fourth-order valence-electron chi connectivity index (χ4n) is 1.75. The molecule has 0 saturated carbocycles. The lowest BCUT2D eigenvalue weighted by atomic mass is 9.84. The van der Waals surface area contributed by atoms with Crippen LogP contribution >= 0.6 is 0 Å². The van der Waals surface area contributed by atoms with Crippen LogP contribution in [0.5, 0.6) is 0 Å². The number of carbonyl (C=O) groups is 1. The predicted octanol–water partition coefficient (Wildman–Crippen LogP) is 2.39. The van der Waals surface area contributed by atoms with Gasteiger partial charge >= 0.3 is 5.97 Å². The van der Waals surface area contributed by atoms with Crippen molar-refractivity contribution in [3.8, 4) is 0 Å². The van der Waals surface area contributed by atoms with E-state index in [1.54, 1.807) is 12.1 Å². The standard InChI is InChI=1S/C15H16O4/c1-15(10-16,12-6-3-2-4-7-12)11-19-14(17)13-8-5-9-18-13/h2-9,16H,10-11H2,1H3/t15-/m0/s1. The SMILES string of the molecule is C[C@](CO)(COC(=O)c1ccco1)c1ccccc1. The van der Waals surface area contributed by atoms with Crippen molar-refractivity contribution in [3.63, 3.8) is 0 Å². The Morgan fingerprint density at radius 2 is 2.00 bits per heavy atom. The zero-order chi connectivity index (χ0) is 13.7. The van der Waals surface area contributed by atoms with Crippen molar-refractivity contribution in [2.45, 2.75) is 12.3 Å². The van der Waals surface area contributed by atoms with Gasteiger partial charge in [0.05, 0.1) is 12.9 Å². The summed E-state index contributed by atoms with van der Waals surface area (Å²) in [5, 5.41) is 9.57. The van der Waals surface area contributed by atoms with Gasteiger partial charge in [-0.1, -0.05) is 37.3 Å². The molecule has 4 heteroatoms. The van der Waals surface area contributed by atoms with E-state index < -0.39 is 11.4 Å². The molecule has 0 fully saturated rings. The minimum atomic E-state index is -0.622. The van der Waals surface area contributed by atoms with Crippen molar-refractivity contribution in [2.75, 3.05) is 13.2 Å². The van der Waals surface area contributed by atoms with Crippen LogP contribution in [-0.2, 0) is 10.2 Å². The van der Waals surface area contributed by atoms with Crippen molar-refractivity contribution < 1.29 is 19.1 Å². The minimum Gasteiger partial charge on any atom is -0.459 e. The Bertz CT molecular complexity index is 518. The molecule has 0 bridgehead atoms. The molecular formula is C15H16O4. The van der Waals surface area contributed by atoms with E-state index in [2.05, 4.69) is 0 Å². The molecule has 100 valence electrons. The van der Waals surface area contributed by atoms with E-state index in [0.717, 1.165) is 5.56 Å². The van der Waals surface area contributed by atoms with E-state index >= 15 is 0 Å². The van der Waals surface area contributed by atoms with Crippen LogP contribution in [0.15, 0.2) is 53.1 Å². The van der Waals surface area contributed by atoms with Gasteiger partial charge in [0, 0.05) is 5.41 Å². The topological polar surface area (TPSA) is 59.7 Å². The molecular weight excluding hydrogens is 244 g/mol. The lowest BCUT2D eigenvalue weighted by Gasteiger charge is -2.27. The third-order valence-electron chi connectivity index (χ3n) is 3.06. The summed E-state index contributed by atoms with van der Waals surface area (Å²) in [4.78, 5) is 11.7. The number of esters is 1. The second kappa shape index (κ2) is 5.71. The molecule has 1 N–H and O–H groups in total. The Labute approximate surface area is 111 Å². The highest BCUT2D eigenvalue weighted by atomic mass is 16.5. The zero-order valence-corrected chi connectivity index (χ0v) is 10.7. The summed E-state index contributed by atoms with van der Waals surface area (Å²) in [5.74, 6) is -0.367. The van der Waals surface area contributed by atoms with Gasteiger partial charge in [-0.3, -0.25) is 0 Å². The molecule has 1 aromatic heterocycles. The summed E-state index contributed by atoms with van der Waals surface area (Å²) in [5.41, 5.74) is 0.300. The number of furan rings is 1. The van der Waals surface area contributed by atoms with Gasteiger partial charge in [-0.25, -0.2) is 4.79 Å². The lowest BCUT2D eigenvalue weighted by molar-refractivity contribution is 0.0311. The van der Waals surface area contributed by atoms with Crippen molar-refractivity contribution >= 4 is 5.97 Å². The number of benzene rings is 1. The molecule has 0 aliphatic rings. The first-order chi connectivity index (χ1) is 9.15. The van der Waals surface area contributed by atoms with Crippen LogP contribution in [0.1, 0.15) is 23.0 Å². The average molecular weight is 260 g/mol. The number of carbonyl (C=O) groups excluding carboxylic acids is 1. The molecule has 0 radical (unpaired) electrons. The summed E-state index contributed by atoms with van der Waals surface area (Å²) < 4.78 is 10.2. The lowest BCUT2D eigenvalue weighted by Crippen LogP contribution is -2.33. The number of aliphatic hydroxyl groups excluding tert-OH is 1. The van der Waals surface area contributed by atoms with E-state index in [-0.39, 0.29) is 19.0 Å². The fraction of sp³-hybridized carbons (Fsp3) is 0.267. The Hall–Kier alpha value is -2.07. The number of hydrogen-bond donors (Lipinski definition) is 1. The molecule has 0 unspecified atom stereocenters. The van der Waals surface area contributed by atoms with Gasteiger partial charge in [-0.05, 0) is 17.7 Å². The summed E-state index contributed by atoms with van der Waals surface area (Å²) in [6.07, 6.45) is 1.42. The smallest absolute Gasteiger partial charge is 0.374 e. The molecule has 2 rings (SSSR count). The van der Waals surface area contributed by atoms with Crippen LogP contribution in [0.4, 0.5) is 0 Å². The molecule has 0 aliphatic heterocycles. The first-order valence-corrected chi connectivity index (χ1v) is 6.03. The Morgan fingerprint density at radius 3 is 2.58 bits per heavy atom. The molecule has 2 aromatic rings. The molecule has 0 aliphatic carbocycles. The van der Waals surface area contributed by atoms with Crippen molar-refractivity contribution in [1.29, 1.82) is 0 Å². The number of ether oxygens (including phenoxy) is 1. The summed E-state index contributed by atoms with van der Waals surface area (Å²) in [6, 6.07) is 12.6. The third kappa shape index (κ3) is 3.03. The number of rotatable bonds is 5. The second-order valence-electron chi connectivity index (χ2n) is 4.64. The van der Waals surface area contributed by atoms with Gasteiger partial charge in [-0.15, -0.1) is 0 Å². The van der Waals surface area contributed by atoms with Gasteiger partial charge in [0.1, 0.15) is 6.61 Å². The van der Waals surface area contributed by atoms with Crippen molar-refractivity contribution in [1.82, 2.24) is 0 Å². The summed E-state index contributed by atoms with van der Waals surface area (Å²) in [6.45, 7) is 1.83. The molecule has 1 atom stereocenters. The molecule has 0 amide bonds. The van der Waals surface area contributed by atoms with Gasteiger partial charge in [0.25, 0.3) is 0 Å². The zero-order valence-electron chi connectivity index (χ0n) is 10.7. The molecule has 0 spiro atoms. The Morgan fingerprint density at radius 1 is 1.26 bits per heavy atom. The highest BCUT2D eigenvalue weighted by Gasteiger charge is 2.28. The predicted molar refractivity (Wildman–Crippen MR) is 69.9 cm³/mol. The number of hydrogen-bond acceptors (Lipinski definition) is 4. The van der Waals surface area contributed by atoms with E-state index in [1.165, 1.54) is 6.26 Å². The van der Waals surface area contributed by atoms with Gasteiger partial charge < -0.3 is 14.3 Å². The quantitative estimate of drug-likeness (QED) is 0.838. The van der Waals surface area contributed by atoms with Crippen LogP contribution < -0.4 is 0 Å². The molecule has 1 aromatic carbocycles. The summed E-state index contributed by atoms with van der Waals surface area (Å²) in [7, 11) is 0. The van der Waals surface area contributed by atoms with Gasteiger partial charge in [-0.2, -0.15) is 0 Å². The van der Waals surface area contributed by atoms with Crippen molar-refractivity contribution in [3.05, 3.63) is 60.1 Å². The van der Waals surface area contributed by atoms with E-state index in [1.807, 2.05) is 37.3 Å². The first-order valence-electron chi connectivity index (χ1n) is 6.03. The molecule has 4 nitrogen and oxygen atoms in total. The van der Waals surface area contributed by atoms with Crippen molar-refractivity contribution in [2.24, 2.45) is 0 Å². The maximum Gasteiger partial charge on any atom is 0.374 e. The van der Waals surface area contributed by atoms with Crippen LogP contribution in [-0.4, -0.2) is 24.3 Å². The normalized spacial score (nSPS) is 13.8. The monoisotopic (exact) mass is 260 g/mol. The van der Waals surface area contributed by atoms with Crippen LogP contribution in [0.3, 0.4) is 0 Å².